The number of fused-ring (bicyclic) bond motifs is 3. The minimum Gasteiger partial charge on any atom is -0.490 e. The van der Waals surface area contributed by atoms with Gasteiger partial charge in [0.05, 0.1) is 17.5 Å². The highest BCUT2D eigenvalue weighted by Gasteiger charge is 2.54. The molecule has 4 aliphatic rings. The molecule has 2 aromatic heterocycles. The molecule has 1 unspecified atom stereocenters. The van der Waals surface area contributed by atoms with Gasteiger partial charge in [-0.3, -0.25) is 14.7 Å². The van der Waals surface area contributed by atoms with Gasteiger partial charge in [0, 0.05) is 61.9 Å². The van der Waals surface area contributed by atoms with Crippen molar-refractivity contribution in [2.24, 2.45) is 5.41 Å². The summed E-state index contributed by atoms with van der Waals surface area (Å²) < 4.78 is 27.1. The van der Waals surface area contributed by atoms with Crippen LogP contribution in [0.3, 0.4) is 0 Å². The van der Waals surface area contributed by atoms with Crippen molar-refractivity contribution in [1.29, 1.82) is 0 Å². The Balaban J connectivity index is 0.00000105. The molecule has 2 saturated heterocycles. The fraction of sp³-hybridized carbons (Fsp3) is 0.568. The highest BCUT2D eigenvalue weighted by atomic mass is 19.1. The lowest BCUT2D eigenvalue weighted by Gasteiger charge is -2.59. The monoisotopic (exact) mass is 646 g/mol. The Morgan fingerprint density at radius 2 is 1.83 bits per heavy atom. The number of rotatable bonds is 8. The minimum absolute atomic E-state index is 0.0295. The fourth-order valence-corrected chi connectivity index (χ4v) is 7.56. The van der Waals surface area contributed by atoms with Crippen LogP contribution in [0, 0.1) is 11.2 Å². The number of nitrogens with zero attached hydrogens (tertiary/aromatic N) is 6. The molecule has 1 spiro atoms. The van der Waals surface area contributed by atoms with Gasteiger partial charge in [-0.05, 0) is 77.3 Å². The number of anilines is 1. The molecule has 9 nitrogen and oxygen atoms in total. The number of amides is 1. The van der Waals surface area contributed by atoms with Crippen LogP contribution in [0.5, 0.6) is 17.2 Å². The summed E-state index contributed by atoms with van der Waals surface area (Å²) in [5.41, 5.74) is 2.90. The summed E-state index contributed by atoms with van der Waals surface area (Å²) >= 11 is 0. The molecule has 1 aliphatic carbocycles. The van der Waals surface area contributed by atoms with Crippen molar-refractivity contribution >= 4 is 11.7 Å². The topological polar surface area (TPSA) is 83.9 Å². The maximum atomic E-state index is 14.3. The van der Waals surface area contributed by atoms with Crippen LogP contribution in [0.15, 0.2) is 43.0 Å². The van der Waals surface area contributed by atoms with Gasteiger partial charge in [-0.25, -0.2) is 14.4 Å². The first-order valence-electron chi connectivity index (χ1n) is 17.6. The third-order valence-corrected chi connectivity index (χ3v) is 9.61. The molecule has 1 amide bonds. The van der Waals surface area contributed by atoms with Gasteiger partial charge in [-0.1, -0.05) is 27.7 Å². The molecule has 47 heavy (non-hydrogen) atoms. The molecule has 7 rings (SSSR count). The predicted octanol–water partition coefficient (Wildman–Crippen LogP) is 7.47. The third-order valence-electron chi connectivity index (χ3n) is 9.61. The van der Waals surface area contributed by atoms with Crippen LogP contribution in [-0.2, 0) is 6.42 Å². The van der Waals surface area contributed by atoms with Gasteiger partial charge >= 0.3 is 0 Å². The first-order valence-corrected chi connectivity index (χ1v) is 17.6. The number of aromatic nitrogens is 3. The quantitative estimate of drug-likeness (QED) is 0.249. The van der Waals surface area contributed by atoms with E-state index in [4.69, 9.17) is 14.5 Å². The molecule has 1 aromatic carbocycles. The Morgan fingerprint density at radius 3 is 2.55 bits per heavy atom. The maximum Gasteiger partial charge on any atom is 0.257 e. The van der Waals surface area contributed by atoms with Crippen molar-refractivity contribution in [2.45, 2.75) is 98.8 Å². The molecule has 0 bridgehead atoms. The molecule has 3 fully saturated rings. The van der Waals surface area contributed by atoms with Crippen LogP contribution < -0.4 is 14.4 Å². The molecule has 5 heterocycles. The Kier molecular flexibility index (Phi) is 11.0. The number of carbonyl (C=O) groups excluding carboxylic acids is 1. The number of ether oxygens (including phenoxy) is 2. The SMILES string of the molecule is CC.CC.CCN(C(=O)c1cc(F)ccc1Oc1cncnc1N1CC2(CC(Oc3ccnc4c3C3CCCN3CC4)C2)C1)C(C)C. The minimum atomic E-state index is -0.487. The molecular formula is C37H51FN6O3. The largest absolute Gasteiger partial charge is 0.490 e. The van der Waals surface area contributed by atoms with Crippen molar-refractivity contribution in [3.8, 4) is 17.2 Å². The molecule has 10 heteroatoms. The van der Waals surface area contributed by atoms with E-state index >= 15 is 0 Å². The highest BCUT2D eigenvalue weighted by molar-refractivity contribution is 5.97. The number of hydrogen-bond donors (Lipinski definition) is 0. The van der Waals surface area contributed by atoms with E-state index in [1.165, 1.54) is 55.2 Å². The smallest absolute Gasteiger partial charge is 0.257 e. The van der Waals surface area contributed by atoms with Gasteiger partial charge in [-0.15, -0.1) is 0 Å². The standard InChI is InChI=1S/C33H39FN6O3.2C2H6/c1-4-40(21(2)3)32(41)24-14-22(34)7-8-27(24)43-29-17-35-20-37-31(29)39-18-33(19-39)15-23(16-33)42-28-9-11-36-25-10-13-38-12-5-6-26(38)30(25)28;2*1-2/h7-9,11,14,17,20-21,23,26H,4-6,10,12-13,15-16,18-19H2,1-3H3;2*1-2H3. The zero-order chi connectivity index (χ0) is 33.7. The lowest BCUT2D eigenvalue weighted by atomic mass is 9.61. The van der Waals surface area contributed by atoms with E-state index in [0.29, 0.717) is 24.2 Å². The van der Waals surface area contributed by atoms with Crippen LogP contribution in [0.2, 0.25) is 0 Å². The summed E-state index contributed by atoms with van der Waals surface area (Å²) in [6, 6.07) is 6.52. The second-order valence-corrected chi connectivity index (χ2v) is 12.8. The van der Waals surface area contributed by atoms with Gasteiger partial charge in [0.15, 0.2) is 11.6 Å². The summed E-state index contributed by atoms with van der Waals surface area (Å²) in [5, 5.41) is 0. The van der Waals surface area contributed by atoms with Gasteiger partial charge in [0.25, 0.3) is 5.91 Å². The Labute approximate surface area is 279 Å². The van der Waals surface area contributed by atoms with E-state index in [0.717, 1.165) is 44.6 Å². The first kappa shape index (κ1) is 34.5. The second-order valence-electron chi connectivity index (χ2n) is 12.8. The van der Waals surface area contributed by atoms with E-state index in [1.54, 1.807) is 11.1 Å². The predicted molar refractivity (Wildman–Crippen MR) is 183 cm³/mol. The van der Waals surface area contributed by atoms with Crippen molar-refractivity contribution in [3.05, 3.63) is 65.6 Å². The number of halogens is 1. The average molecular weight is 647 g/mol. The number of pyridine rings is 1. The van der Waals surface area contributed by atoms with Crippen LogP contribution in [-0.4, -0.2) is 75.5 Å². The highest BCUT2D eigenvalue weighted by Crippen LogP contribution is 2.53. The van der Waals surface area contributed by atoms with Gasteiger partial charge in [-0.2, -0.15) is 0 Å². The molecule has 3 aromatic rings. The number of benzene rings is 1. The van der Waals surface area contributed by atoms with E-state index in [9.17, 15) is 9.18 Å². The Morgan fingerprint density at radius 1 is 1.06 bits per heavy atom. The summed E-state index contributed by atoms with van der Waals surface area (Å²) in [5.74, 6) is 1.67. The Hall–Kier alpha value is -3.79. The molecule has 1 atom stereocenters. The zero-order valence-corrected chi connectivity index (χ0v) is 29.1. The molecular weight excluding hydrogens is 595 g/mol. The van der Waals surface area contributed by atoms with Gasteiger partial charge in [0.2, 0.25) is 0 Å². The van der Waals surface area contributed by atoms with Crippen LogP contribution in [0.1, 0.15) is 102 Å². The third kappa shape index (κ3) is 6.93. The summed E-state index contributed by atoms with van der Waals surface area (Å²) in [6.07, 6.45) is 10.6. The molecule has 0 N–H and O–H groups in total. The zero-order valence-electron chi connectivity index (χ0n) is 29.1. The lowest BCUT2D eigenvalue weighted by Crippen LogP contribution is -2.65. The molecule has 254 valence electrons. The van der Waals surface area contributed by atoms with Crippen molar-refractivity contribution in [2.75, 3.05) is 37.6 Å². The lowest BCUT2D eigenvalue weighted by molar-refractivity contribution is -0.0355. The van der Waals surface area contributed by atoms with Crippen molar-refractivity contribution in [3.63, 3.8) is 0 Å². The summed E-state index contributed by atoms with van der Waals surface area (Å²) in [7, 11) is 0. The Bertz CT molecular complexity index is 1520. The van der Waals surface area contributed by atoms with Gasteiger partial charge in [0.1, 0.15) is 29.7 Å². The van der Waals surface area contributed by atoms with Crippen molar-refractivity contribution in [1.82, 2.24) is 24.8 Å². The molecule has 1 saturated carbocycles. The molecule has 3 aliphatic heterocycles. The number of carbonyl (C=O) groups is 1. The van der Waals surface area contributed by atoms with Crippen molar-refractivity contribution < 1.29 is 18.7 Å². The van der Waals surface area contributed by atoms with Crippen LogP contribution in [0.4, 0.5) is 10.2 Å². The molecule has 0 radical (unpaired) electrons. The average Bonchev–Trinajstić information content (AvgIpc) is 3.54. The maximum absolute atomic E-state index is 14.3. The van der Waals surface area contributed by atoms with Crippen LogP contribution in [0.25, 0.3) is 0 Å². The van der Waals surface area contributed by atoms with Crippen LogP contribution >= 0.6 is 0 Å². The summed E-state index contributed by atoms with van der Waals surface area (Å²) in [6.45, 7) is 18.2. The fourth-order valence-electron chi connectivity index (χ4n) is 7.56. The van der Waals surface area contributed by atoms with E-state index in [-0.39, 0.29) is 34.8 Å². The van der Waals surface area contributed by atoms with E-state index in [2.05, 4.69) is 25.8 Å². The van der Waals surface area contributed by atoms with E-state index in [1.807, 2.05) is 54.7 Å². The first-order chi connectivity index (χ1) is 22.8. The number of hydrogen-bond acceptors (Lipinski definition) is 8. The second kappa shape index (κ2) is 15.0. The van der Waals surface area contributed by atoms with Gasteiger partial charge < -0.3 is 19.3 Å². The van der Waals surface area contributed by atoms with E-state index < -0.39 is 5.82 Å². The summed E-state index contributed by atoms with van der Waals surface area (Å²) in [4.78, 5) is 33.2. The normalized spacial score (nSPS) is 19.3.